The summed E-state index contributed by atoms with van der Waals surface area (Å²) in [6.45, 7) is 5.70. The van der Waals surface area contributed by atoms with Gasteiger partial charge in [-0.1, -0.05) is 0 Å². The largest absolute Gasteiger partial charge is 0.367 e. The molecule has 72 valence electrons. The molecular formula is C9H14N2OS. The average Bonchev–Trinajstić information content (AvgIpc) is 2.33. The Hall–Kier alpha value is -0.900. The van der Waals surface area contributed by atoms with Gasteiger partial charge in [0.25, 0.3) is 0 Å². The fourth-order valence-electron chi connectivity index (χ4n) is 0.967. The smallest absolute Gasteiger partial charge is 0.137 e. The Balaban J connectivity index is 2.58. The van der Waals surface area contributed by atoms with Crippen molar-refractivity contribution in [2.45, 2.75) is 33.2 Å². The summed E-state index contributed by atoms with van der Waals surface area (Å²) in [5.41, 5.74) is 0. The number of hydrogen-bond acceptors (Lipinski definition) is 4. The third-order valence-electron chi connectivity index (χ3n) is 1.39. The summed E-state index contributed by atoms with van der Waals surface area (Å²) in [7, 11) is 0. The van der Waals surface area contributed by atoms with Gasteiger partial charge in [-0.05, 0) is 20.8 Å². The minimum Gasteiger partial charge on any atom is -0.367 e. The molecule has 13 heavy (non-hydrogen) atoms. The highest BCUT2D eigenvalue weighted by atomic mass is 32.1. The number of hydrogen-bond donors (Lipinski definition) is 1. The van der Waals surface area contributed by atoms with Crippen LogP contribution >= 0.6 is 11.3 Å². The van der Waals surface area contributed by atoms with Gasteiger partial charge in [-0.2, -0.15) is 0 Å². The van der Waals surface area contributed by atoms with Gasteiger partial charge in [-0.25, -0.2) is 4.98 Å². The fraction of sp³-hybridized carbons (Fsp3) is 0.556. The Morgan fingerprint density at radius 2 is 2.38 bits per heavy atom. The number of nitrogens with one attached hydrogen (secondary N) is 1. The minimum absolute atomic E-state index is 0.158. The standard InChI is InChI=1S/C9H14N2OS/c1-6(2)10-8-5-13-9(11-8)4-7(3)12/h5-6,10H,4H2,1-3H3. The monoisotopic (exact) mass is 198 g/mol. The quantitative estimate of drug-likeness (QED) is 0.805. The third kappa shape index (κ3) is 3.55. The van der Waals surface area contributed by atoms with Gasteiger partial charge in [0, 0.05) is 11.4 Å². The van der Waals surface area contributed by atoms with E-state index in [9.17, 15) is 4.79 Å². The van der Waals surface area contributed by atoms with Crippen molar-refractivity contribution in [3.63, 3.8) is 0 Å². The first-order chi connectivity index (χ1) is 6.08. The van der Waals surface area contributed by atoms with Gasteiger partial charge >= 0.3 is 0 Å². The summed E-state index contributed by atoms with van der Waals surface area (Å²) in [5.74, 6) is 1.03. The number of carbonyl (C=O) groups is 1. The van der Waals surface area contributed by atoms with Crippen LogP contribution in [0, 0.1) is 0 Å². The number of Topliss-reactive ketones (excluding diaryl/α,β-unsaturated/α-hetero) is 1. The molecule has 0 radical (unpaired) electrons. The molecule has 1 N–H and O–H groups in total. The molecule has 0 aliphatic rings. The molecule has 0 fully saturated rings. The lowest BCUT2D eigenvalue weighted by Crippen LogP contribution is -2.09. The van der Waals surface area contributed by atoms with Gasteiger partial charge in [0.2, 0.25) is 0 Å². The van der Waals surface area contributed by atoms with Crippen molar-refractivity contribution in [3.05, 3.63) is 10.4 Å². The van der Waals surface area contributed by atoms with Crippen LogP contribution in [0.15, 0.2) is 5.38 Å². The highest BCUT2D eigenvalue weighted by molar-refractivity contribution is 7.10. The molecule has 3 nitrogen and oxygen atoms in total. The van der Waals surface area contributed by atoms with Gasteiger partial charge < -0.3 is 5.32 Å². The Morgan fingerprint density at radius 3 is 2.92 bits per heavy atom. The topological polar surface area (TPSA) is 42.0 Å². The van der Waals surface area contributed by atoms with E-state index in [0.29, 0.717) is 12.5 Å². The molecule has 0 saturated carbocycles. The number of aromatic nitrogens is 1. The van der Waals surface area contributed by atoms with Crippen molar-refractivity contribution in [1.29, 1.82) is 0 Å². The van der Waals surface area contributed by atoms with Crippen molar-refractivity contribution in [2.75, 3.05) is 5.32 Å². The second-order valence-corrected chi connectivity index (χ2v) is 4.25. The number of anilines is 1. The van der Waals surface area contributed by atoms with Gasteiger partial charge in [0.15, 0.2) is 0 Å². The maximum atomic E-state index is 10.8. The molecule has 4 heteroatoms. The maximum Gasteiger partial charge on any atom is 0.137 e. The molecule has 0 spiro atoms. The second-order valence-electron chi connectivity index (χ2n) is 3.30. The van der Waals surface area contributed by atoms with Crippen LogP contribution in [0.25, 0.3) is 0 Å². The van der Waals surface area contributed by atoms with Gasteiger partial charge in [0.05, 0.1) is 6.42 Å². The predicted octanol–water partition coefficient (Wildman–Crippen LogP) is 2.09. The highest BCUT2D eigenvalue weighted by Gasteiger charge is 2.04. The number of ketones is 1. The van der Waals surface area contributed by atoms with Crippen LogP contribution in [0.4, 0.5) is 5.82 Å². The Bertz CT molecular complexity index is 294. The lowest BCUT2D eigenvalue weighted by molar-refractivity contribution is -0.116. The Kier molecular flexibility index (Phi) is 3.42. The zero-order valence-corrected chi connectivity index (χ0v) is 8.94. The normalized spacial score (nSPS) is 10.5. The summed E-state index contributed by atoms with van der Waals surface area (Å²) in [5, 5.41) is 6.01. The first-order valence-electron chi connectivity index (χ1n) is 4.28. The molecule has 1 rings (SSSR count). The van der Waals surface area contributed by atoms with Crippen LogP contribution in [-0.2, 0) is 11.2 Å². The zero-order valence-electron chi connectivity index (χ0n) is 8.13. The molecule has 0 aliphatic carbocycles. The molecular weight excluding hydrogens is 184 g/mol. The lowest BCUT2D eigenvalue weighted by Gasteiger charge is -2.04. The Labute approximate surface area is 82.2 Å². The summed E-state index contributed by atoms with van der Waals surface area (Å²) in [6, 6.07) is 0.382. The molecule has 0 amide bonds. The molecule has 1 heterocycles. The minimum atomic E-state index is 0.158. The second kappa shape index (κ2) is 4.37. The van der Waals surface area contributed by atoms with E-state index in [-0.39, 0.29) is 5.78 Å². The number of carbonyl (C=O) groups excluding carboxylic acids is 1. The van der Waals surface area contributed by atoms with E-state index in [1.54, 1.807) is 6.92 Å². The molecule has 0 unspecified atom stereocenters. The van der Waals surface area contributed by atoms with Gasteiger partial charge in [-0.15, -0.1) is 11.3 Å². The van der Waals surface area contributed by atoms with Crippen molar-refractivity contribution in [2.24, 2.45) is 0 Å². The number of thiazole rings is 1. The first kappa shape index (κ1) is 10.2. The van der Waals surface area contributed by atoms with E-state index >= 15 is 0 Å². The summed E-state index contributed by atoms with van der Waals surface area (Å²) >= 11 is 1.53. The molecule has 1 aromatic rings. The van der Waals surface area contributed by atoms with E-state index in [4.69, 9.17) is 0 Å². The van der Waals surface area contributed by atoms with Crippen molar-refractivity contribution < 1.29 is 4.79 Å². The summed E-state index contributed by atoms with van der Waals surface area (Å²) < 4.78 is 0. The molecule has 0 saturated heterocycles. The van der Waals surface area contributed by atoms with E-state index in [2.05, 4.69) is 24.1 Å². The number of nitrogens with zero attached hydrogens (tertiary/aromatic N) is 1. The molecule has 0 bridgehead atoms. The van der Waals surface area contributed by atoms with Crippen LogP contribution in [0.3, 0.4) is 0 Å². The molecule has 0 aliphatic heterocycles. The van der Waals surface area contributed by atoms with E-state index in [1.807, 2.05) is 5.38 Å². The highest BCUT2D eigenvalue weighted by Crippen LogP contribution is 2.15. The van der Waals surface area contributed by atoms with Crippen LogP contribution in [-0.4, -0.2) is 16.8 Å². The van der Waals surface area contributed by atoms with Crippen LogP contribution in [0.1, 0.15) is 25.8 Å². The third-order valence-corrected chi connectivity index (χ3v) is 2.24. The van der Waals surface area contributed by atoms with Crippen molar-refractivity contribution in [3.8, 4) is 0 Å². The Morgan fingerprint density at radius 1 is 1.69 bits per heavy atom. The van der Waals surface area contributed by atoms with Crippen LogP contribution in [0.2, 0.25) is 0 Å². The number of rotatable bonds is 4. The van der Waals surface area contributed by atoms with E-state index < -0.39 is 0 Å². The van der Waals surface area contributed by atoms with Crippen molar-refractivity contribution in [1.82, 2.24) is 4.98 Å². The summed E-state index contributed by atoms with van der Waals surface area (Å²) in [6.07, 6.45) is 0.449. The van der Waals surface area contributed by atoms with Gasteiger partial charge in [-0.3, -0.25) is 4.79 Å². The lowest BCUT2D eigenvalue weighted by atomic mass is 10.3. The summed E-state index contributed by atoms with van der Waals surface area (Å²) in [4.78, 5) is 15.1. The first-order valence-corrected chi connectivity index (χ1v) is 5.16. The zero-order chi connectivity index (χ0) is 9.84. The van der Waals surface area contributed by atoms with Crippen molar-refractivity contribution >= 4 is 22.9 Å². The van der Waals surface area contributed by atoms with E-state index in [0.717, 1.165) is 10.8 Å². The van der Waals surface area contributed by atoms with Crippen LogP contribution < -0.4 is 5.32 Å². The predicted molar refractivity (Wildman–Crippen MR) is 55.3 cm³/mol. The van der Waals surface area contributed by atoms with Crippen LogP contribution in [0.5, 0.6) is 0 Å². The maximum absolute atomic E-state index is 10.8. The SMILES string of the molecule is CC(=O)Cc1nc(NC(C)C)cs1. The molecule has 1 aromatic heterocycles. The van der Waals surface area contributed by atoms with E-state index in [1.165, 1.54) is 11.3 Å². The van der Waals surface area contributed by atoms with Gasteiger partial charge in [0.1, 0.15) is 16.6 Å². The molecule has 0 aromatic carbocycles. The fourth-order valence-corrected chi connectivity index (χ4v) is 1.77. The average molecular weight is 198 g/mol. The molecule has 0 atom stereocenters.